The molecule has 2 aliphatic heterocycles. The van der Waals surface area contributed by atoms with Crippen molar-refractivity contribution in [1.82, 2.24) is 10.2 Å². The predicted octanol–water partition coefficient (Wildman–Crippen LogP) is 1.88. The molecule has 0 saturated carbocycles. The standard InChI is InChI=1S/C14H28N2O/c1-13-12-16(10-11-17-13)9-3-2-4-14-5-7-15-8-6-14/h13-15H,2-12H2,1H3. The van der Waals surface area contributed by atoms with Crippen molar-refractivity contribution in [2.24, 2.45) is 5.92 Å². The summed E-state index contributed by atoms with van der Waals surface area (Å²) in [6, 6.07) is 0. The molecule has 0 spiro atoms. The van der Waals surface area contributed by atoms with Gasteiger partial charge >= 0.3 is 0 Å². The smallest absolute Gasteiger partial charge is 0.0674 e. The monoisotopic (exact) mass is 240 g/mol. The van der Waals surface area contributed by atoms with Crippen molar-refractivity contribution in [3.63, 3.8) is 0 Å². The van der Waals surface area contributed by atoms with Crippen LogP contribution >= 0.6 is 0 Å². The first-order valence-electron chi connectivity index (χ1n) is 7.39. The number of piperidine rings is 1. The average Bonchev–Trinajstić information content (AvgIpc) is 2.36. The Morgan fingerprint density at radius 2 is 2.06 bits per heavy atom. The molecule has 2 rings (SSSR count). The van der Waals surface area contributed by atoms with Crippen LogP contribution in [0.2, 0.25) is 0 Å². The number of hydrogen-bond acceptors (Lipinski definition) is 3. The molecule has 1 atom stereocenters. The van der Waals surface area contributed by atoms with Crippen LogP contribution in [0, 0.1) is 5.92 Å². The quantitative estimate of drug-likeness (QED) is 0.743. The van der Waals surface area contributed by atoms with Crippen molar-refractivity contribution >= 4 is 0 Å². The SMILES string of the molecule is CC1CN(CCCCC2CCNCC2)CCO1. The molecule has 1 unspecified atom stereocenters. The molecule has 0 aromatic heterocycles. The normalized spacial score (nSPS) is 28.4. The summed E-state index contributed by atoms with van der Waals surface area (Å²) in [5.74, 6) is 1.000. The summed E-state index contributed by atoms with van der Waals surface area (Å²) in [6.07, 6.45) is 7.46. The highest BCUT2D eigenvalue weighted by molar-refractivity contribution is 4.70. The van der Waals surface area contributed by atoms with Gasteiger partial charge in [0.1, 0.15) is 0 Å². The van der Waals surface area contributed by atoms with Crippen LogP contribution < -0.4 is 5.32 Å². The summed E-state index contributed by atoms with van der Waals surface area (Å²) in [4.78, 5) is 2.57. The highest BCUT2D eigenvalue weighted by atomic mass is 16.5. The Kier molecular flexibility index (Phi) is 5.75. The zero-order chi connectivity index (χ0) is 11.9. The molecular weight excluding hydrogens is 212 g/mol. The summed E-state index contributed by atoms with van der Waals surface area (Å²) >= 11 is 0. The second-order valence-electron chi connectivity index (χ2n) is 5.67. The molecule has 3 heteroatoms. The molecule has 2 aliphatic rings. The number of morpholine rings is 1. The van der Waals surface area contributed by atoms with Gasteiger partial charge in [-0.15, -0.1) is 0 Å². The highest BCUT2D eigenvalue weighted by Crippen LogP contribution is 2.19. The summed E-state index contributed by atoms with van der Waals surface area (Å²) in [6.45, 7) is 9.14. The molecule has 0 bridgehead atoms. The van der Waals surface area contributed by atoms with Gasteiger partial charge in [-0.05, 0) is 51.7 Å². The first kappa shape index (κ1) is 13.3. The first-order valence-corrected chi connectivity index (χ1v) is 7.39. The lowest BCUT2D eigenvalue weighted by atomic mass is 9.92. The Labute approximate surface area is 106 Å². The number of rotatable bonds is 5. The second-order valence-corrected chi connectivity index (χ2v) is 5.67. The summed E-state index contributed by atoms with van der Waals surface area (Å²) in [5, 5.41) is 3.44. The number of unbranched alkanes of at least 4 members (excludes halogenated alkanes) is 1. The van der Waals surface area contributed by atoms with Gasteiger partial charge in [0.25, 0.3) is 0 Å². The fourth-order valence-corrected chi connectivity index (χ4v) is 3.03. The first-order chi connectivity index (χ1) is 8.34. The van der Waals surface area contributed by atoms with E-state index in [-0.39, 0.29) is 0 Å². The maximum absolute atomic E-state index is 5.56. The van der Waals surface area contributed by atoms with E-state index >= 15 is 0 Å². The molecule has 0 aromatic rings. The maximum Gasteiger partial charge on any atom is 0.0674 e. The van der Waals surface area contributed by atoms with E-state index < -0.39 is 0 Å². The van der Waals surface area contributed by atoms with Gasteiger partial charge < -0.3 is 10.1 Å². The summed E-state index contributed by atoms with van der Waals surface area (Å²) in [5.41, 5.74) is 0. The van der Waals surface area contributed by atoms with Crippen LogP contribution in [-0.4, -0.2) is 50.3 Å². The van der Waals surface area contributed by atoms with Crippen LogP contribution in [-0.2, 0) is 4.74 Å². The zero-order valence-electron chi connectivity index (χ0n) is 11.3. The van der Waals surface area contributed by atoms with Crippen LogP contribution in [0.5, 0.6) is 0 Å². The van der Waals surface area contributed by atoms with Crippen LogP contribution in [0.3, 0.4) is 0 Å². The van der Waals surface area contributed by atoms with Gasteiger partial charge in [-0.25, -0.2) is 0 Å². The molecule has 0 aliphatic carbocycles. The molecule has 2 saturated heterocycles. The van der Waals surface area contributed by atoms with Crippen LogP contribution in [0.25, 0.3) is 0 Å². The van der Waals surface area contributed by atoms with Gasteiger partial charge in [-0.3, -0.25) is 4.90 Å². The molecule has 0 amide bonds. The lowest BCUT2D eigenvalue weighted by Crippen LogP contribution is -2.41. The van der Waals surface area contributed by atoms with Gasteiger partial charge in [0.05, 0.1) is 12.7 Å². The molecule has 100 valence electrons. The Bertz CT molecular complexity index is 204. The van der Waals surface area contributed by atoms with Gasteiger partial charge in [-0.2, -0.15) is 0 Å². The zero-order valence-corrected chi connectivity index (χ0v) is 11.3. The molecule has 0 radical (unpaired) electrons. The van der Waals surface area contributed by atoms with E-state index in [1.54, 1.807) is 0 Å². The number of nitrogens with zero attached hydrogens (tertiary/aromatic N) is 1. The van der Waals surface area contributed by atoms with E-state index in [1.165, 1.54) is 51.7 Å². The Morgan fingerprint density at radius 3 is 2.82 bits per heavy atom. The van der Waals surface area contributed by atoms with E-state index in [4.69, 9.17) is 4.74 Å². The molecule has 17 heavy (non-hydrogen) atoms. The fourth-order valence-electron chi connectivity index (χ4n) is 3.03. The third kappa shape index (κ3) is 4.94. The van der Waals surface area contributed by atoms with E-state index in [2.05, 4.69) is 17.1 Å². The number of ether oxygens (including phenoxy) is 1. The topological polar surface area (TPSA) is 24.5 Å². The Hall–Kier alpha value is -0.120. The van der Waals surface area contributed by atoms with Crippen molar-refractivity contribution in [3.05, 3.63) is 0 Å². The van der Waals surface area contributed by atoms with E-state index in [1.807, 2.05) is 0 Å². The van der Waals surface area contributed by atoms with Crippen molar-refractivity contribution < 1.29 is 4.74 Å². The maximum atomic E-state index is 5.56. The molecule has 0 aromatic carbocycles. The minimum Gasteiger partial charge on any atom is -0.376 e. The highest BCUT2D eigenvalue weighted by Gasteiger charge is 2.16. The molecule has 3 nitrogen and oxygen atoms in total. The van der Waals surface area contributed by atoms with Crippen LogP contribution in [0.1, 0.15) is 39.0 Å². The predicted molar refractivity (Wildman–Crippen MR) is 71.3 cm³/mol. The average molecular weight is 240 g/mol. The number of hydrogen-bond donors (Lipinski definition) is 1. The van der Waals surface area contributed by atoms with Crippen molar-refractivity contribution in [2.75, 3.05) is 39.3 Å². The van der Waals surface area contributed by atoms with E-state index in [9.17, 15) is 0 Å². The van der Waals surface area contributed by atoms with Crippen molar-refractivity contribution in [3.8, 4) is 0 Å². The lowest BCUT2D eigenvalue weighted by molar-refractivity contribution is -0.0187. The van der Waals surface area contributed by atoms with Crippen molar-refractivity contribution in [2.45, 2.75) is 45.1 Å². The Balaban J connectivity index is 1.50. The van der Waals surface area contributed by atoms with Gasteiger partial charge in [-0.1, -0.05) is 12.8 Å². The second kappa shape index (κ2) is 7.34. The van der Waals surface area contributed by atoms with E-state index in [0.717, 1.165) is 25.6 Å². The third-order valence-corrected chi connectivity index (χ3v) is 4.12. The summed E-state index contributed by atoms with van der Waals surface area (Å²) in [7, 11) is 0. The molecule has 2 heterocycles. The molecule has 2 fully saturated rings. The third-order valence-electron chi connectivity index (χ3n) is 4.12. The fraction of sp³-hybridized carbons (Fsp3) is 1.00. The van der Waals surface area contributed by atoms with Crippen molar-refractivity contribution in [1.29, 1.82) is 0 Å². The largest absolute Gasteiger partial charge is 0.376 e. The molecular formula is C14H28N2O. The van der Waals surface area contributed by atoms with E-state index in [0.29, 0.717) is 6.10 Å². The lowest BCUT2D eigenvalue weighted by Gasteiger charge is -2.31. The minimum atomic E-state index is 0.438. The molecule has 1 N–H and O–H groups in total. The van der Waals surface area contributed by atoms with Crippen LogP contribution in [0.4, 0.5) is 0 Å². The van der Waals surface area contributed by atoms with Gasteiger partial charge in [0, 0.05) is 13.1 Å². The number of nitrogens with one attached hydrogen (secondary N) is 1. The minimum absolute atomic E-state index is 0.438. The van der Waals surface area contributed by atoms with Gasteiger partial charge in [0.15, 0.2) is 0 Å². The van der Waals surface area contributed by atoms with Crippen LogP contribution in [0.15, 0.2) is 0 Å². The summed E-state index contributed by atoms with van der Waals surface area (Å²) < 4.78 is 5.56. The Morgan fingerprint density at radius 1 is 1.24 bits per heavy atom. The van der Waals surface area contributed by atoms with Gasteiger partial charge in [0.2, 0.25) is 0 Å².